The molecule has 0 atom stereocenters. The van der Waals surface area contributed by atoms with Gasteiger partial charge >= 0.3 is 156 Å². The Morgan fingerprint density at radius 2 is 1.48 bits per heavy atom. The maximum atomic E-state index is 6.28. The van der Waals surface area contributed by atoms with Gasteiger partial charge in [-0.15, -0.1) is 0 Å². The van der Waals surface area contributed by atoms with Crippen LogP contribution >= 0.6 is 0 Å². The molecule has 121 valence electrons. The molecule has 1 heterocycles. The van der Waals surface area contributed by atoms with Crippen molar-refractivity contribution in [3.05, 3.63) is 90.6 Å². The fourth-order valence-electron chi connectivity index (χ4n) is 3.01. The second-order valence-corrected chi connectivity index (χ2v) is 9.02. The summed E-state index contributed by atoms with van der Waals surface area (Å²) in [6.07, 6.45) is 0. The number of hydrogen-bond donors (Lipinski definition) is 0. The first kappa shape index (κ1) is 16.0. The topological polar surface area (TPSA) is 22.1 Å². The van der Waals surface area contributed by atoms with Gasteiger partial charge in [-0.2, -0.15) is 0 Å². The molecule has 0 saturated heterocycles. The number of benzene rings is 3. The maximum absolute atomic E-state index is 6.28. The number of rotatable bonds is 4. The summed E-state index contributed by atoms with van der Waals surface area (Å²) >= 11 is -1.30. The SMILES string of the molecule is Cc1ccc2c(-c3ccccc3)ccc([O][GaH-][c]3ccccc3)c2n1. The molecule has 3 aromatic carbocycles. The van der Waals surface area contributed by atoms with Crippen molar-refractivity contribution in [2.75, 3.05) is 0 Å². The first-order chi connectivity index (χ1) is 12.3. The van der Waals surface area contributed by atoms with E-state index in [1.165, 1.54) is 15.2 Å². The summed E-state index contributed by atoms with van der Waals surface area (Å²) in [5, 5.41) is 1.14. The standard InChI is InChI=1S/C16H13NO.C6H5.Ga.H/c1-11-7-8-14-13(12-5-3-2-4-6-12)9-10-15(18)16(14)17-11;1-2-4-6-5-3-1;;/h2-10,18H,1H3;1-5H;;/p-1. The van der Waals surface area contributed by atoms with Crippen LogP contribution in [-0.2, 0) is 0 Å². The summed E-state index contributed by atoms with van der Waals surface area (Å²) in [6.45, 7) is 2.02. The van der Waals surface area contributed by atoms with Crippen molar-refractivity contribution in [2.45, 2.75) is 6.92 Å². The van der Waals surface area contributed by atoms with Crippen LogP contribution in [0, 0.1) is 6.92 Å². The first-order valence-electron chi connectivity index (χ1n) is 8.44. The van der Waals surface area contributed by atoms with Gasteiger partial charge in [0.15, 0.2) is 0 Å². The van der Waals surface area contributed by atoms with Crippen LogP contribution in [0.1, 0.15) is 5.69 Å². The molecule has 0 aliphatic rings. The van der Waals surface area contributed by atoms with Crippen LogP contribution in [0.3, 0.4) is 0 Å². The molecular formula is C22H18GaNO-. The number of hydrogen-bond acceptors (Lipinski definition) is 2. The second kappa shape index (κ2) is 7.17. The summed E-state index contributed by atoms with van der Waals surface area (Å²) in [5.41, 5.74) is 4.37. The van der Waals surface area contributed by atoms with Gasteiger partial charge in [0.1, 0.15) is 0 Å². The van der Waals surface area contributed by atoms with E-state index in [-0.39, 0.29) is 0 Å². The van der Waals surface area contributed by atoms with Gasteiger partial charge in [-0.1, -0.05) is 0 Å². The van der Waals surface area contributed by atoms with Crippen LogP contribution in [0.4, 0.5) is 0 Å². The molecule has 4 rings (SSSR count). The van der Waals surface area contributed by atoms with E-state index in [4.69, 9.17) is 8.51 Å². The van der Waals surface area contributed by atoms with Gasteiger partial charge < -0.3 is 0 Å². The quantitative estimate of drug-likeness (QED) is 0.492. The molecule has 0 aliphatic carbocycles. The van der Waals surface area contributed by atoms with E-state index in [9.17, 15) is 0 Å². The van der Waals surface area contributed by atoms with Gasteiger partial charge in [-0.3, -0.25) is 0 Å². The third-order valence-electron chi connectivity index (χ3n) is 4.28. The van der Waals surface area contributed by atoms with Crippen LogP contribution in [0.25, 0.3) is 22.0 Å². The van der Waals surface area contributed by atoms with Crippen molar-refractivity contribution in [3.63, 3.8) is 0 Å². The van der Waals surface area contributed by atoms with Crippen molar-refractivity contribution < 1.29 is 3.53 Å². The number of aromatic nitrogens is 1. The Bertz CT molecular complexity index is 1000. The van der Waals surface area contributed by atoms with Crippen molar-refractivity contribution in [2.24, 2.45) is 0 Å². The van der Waals surface area contributed by atoms with Gasteiger partial charge in [-0.25, -0.2) is 0 Å². The Morgan fingerprint density at radius 1 is 0.760 bits per heavy atom. The summed E-state index contributed by atoms with van der Waals surface area (Å²) in [6, 6.07) is 29.4. The number of pyridine rings is 1. The minimum atomic E-state index is -1.30. The molecule has 0 N–H and O–H groups in total. The molecule has 0 fully saturated rings. The first-order valence-corrected chi connectivity index (χ1v) is 11.1. The predicted molar refractivity (Wildman–Crippen MR) is 106 cm³/mol. The average Bonchev–Trinajstić information content (AvgIpc) is 2.67. The molecule has 0 spiro atoms. The molecule has 0 unspecified atom stereocenters. The van der Waals surface area contributed by atoms with Gasteiger partial charge in [0, 0.05) is 0 Å². The molecule has 3 heteroatoms. The number of nitrogens with zero attached hydrogens (tertiary/aromatic N) is 1. The van der Waals surface area contributed by atoms with Crippen LogP contribution < -0.4 is 7.65 Å². The zero-order valence-corrected chi connectivity index (χ0v) is 17.1. The summed E-state index contributed by atoms with van der Waals surface area (Å²) in [4.78, 5) is 4.78. The molecule has 4 aromatic rings. The summed E-state index contributed by atoms with van der Waals surface area (Å²) in [7, 11) is 0. The predicted octanol–water partition coefficient (Wildman–Crippen LogP) is 4.27. The Morgan fingerprint density at radius 3 is 2.24 bits per heavy atom. The Labute approximate surface area is 155 Å². The van der Waals surface area contributed by atoms with Crippen molar-refractivity contribution in [3.8, 4) is 16.9 Å². The van der Waals surface area contributed by atoms with E-state index in [0.717, 1.165) is 22.3 Å². The van der Waals surface area contributed by atoms with E-state index < -0.39 is 17.8 Å². The van der Waals surface area contributed by atoms with E-state index in [0.29, 0.717) is 0 Å². The third-order valence-corrected chi connectivity index (χ3v) is 6.93. The molecule has 0 saturated carbocycles. The molecule has 25 heavy (non-hydrogen) atoms. The van der Waals surface area contributed by atoms with E-state index in [2.05, 4.69) is 72.8 Å². The molecular weight excluding hydrogens is 364 g/mol. The fourth-order valence-corrected chi connectivity index (χ4v) is 5.15. The Balaban J connectivity index is 1.77. The minimum absolute atomic E-state index is 0.905. The van der Waals surface area contributed by atoms with E-state index >= 15 is 0 Å². The molecule has 0 aliphatic heterocycles. The van der Waals surface area contributed by atoms with Crippen LogP contribution in [0.2, 0.25) is 0 Å². The average molecular weight is 382 g/mol. The zero-order chi connectivity index (χ0) is 17.1. The van der Waals surface area contributed by atoms with Gasteiger partial charge in [-0.05, 0) is 0 Å². The van der Waals surface area contributed by atoms with E-state index in [1.807, 2.05) is 19.1 Å². The molecule has 1 aromatic heterocycles. The molecule has 0 bridgehead atoms. The van der Waals surface area contributed by atoms with Crippen molar-refractivity contribution in [1.29, 1.82) is 0 Å². The van der Waals surface area contributed by atoms with Gasteiger partial charge in [0.25, 0.3) is 0 Å². The van der Waals surface area contributed by atoms with Crippen LogP contribution in [-0.4, -0.2) is 22.8 Å². The van der Waals surface area contributed by atoms with Gasteiger partial charge in [0.2, 0.25) is 0 Å². The van der Waals surface area contributed by atoms with Gasteiger partial charge in [0.05, 0.1) is 0 Å². The van der Waals surface area contributed by atoms with Crippen LogP contribution in [0.15, 0.2) is 84.9 Å². The zero-order valence-electron chi connectivity index (χ0n) is 14.1. The molecule has 1 radical (unpaired) electrons. The normalized spacial score (nSPS) is 10.8. The number of fused-ring (bicyclic) bond motifs is 1. The van der Waals surface area contributed by atoms with Crippen molar-refractivity contribution in [1.82, 2.24) is 4.98 Å². The van der Waals surface area contributed by atoms with Crippen LogP contribution in [0.5, 0.6) is 5.75 Å². The second-order valence-electron chi connectivity index (χ2n) is 6.10. The summed E-state index contributed by atoms with van der Waals surface area (Å²) < 4.78 is 7.61. The fraction of sp³-hybridized carbons (Fsp3) is 0.0455. The molecule has 0 amide bonds. The van der Waals surface area contributed by atoms with E-state index in [1.54, 1.807) is 0 Å². The Hall–Kier alpha value is -2.49. The Kier molecular flexibility index (Phi) is 4.59. The van der Waals surface area contributed by atoms with Crippen molar-refractivity contribution >= 4 is 32.8 Å². The monoisotopic (exact) mass is 381 g/mol. The molecule has 2 nitrogen and oxygen atoms in total. The summed E-state index contributed by atoms with van der Waals surface area (Å²) in [5.74, 6) is 0.905. The number of aryl methyl sites for hydroxylation is 1. The third kappa shape index (κ3) is 3.48.